The van der Waals surface area contributed by atoms with Crippen molar-refractivity contribution in [1.29, 1.82) is 0 Å². The van der Waals surface area contributed by atoms with Gasteiger partial charge in [0.05, 0.1) is 0 Å². The van der Waals surface area contributed by atoms with Crippen LogP contribution in [0.2, 0.25) is 0 Å². The third-order valence-corrected chi connectivity index (χ3v) is 5.12. The predicted molar refractivity (Wildman–Crippen MR) is 85.6 cm³/mol. The van der Waals surface area contributed by atoms with Crippen LogP contribution in [0.5, 0.6) is 0 Å². The van der Waals surface area contributed by atoms with Gasteiger partial charge in [-0.15, -0.1) is 0 Å². The van der Waals surface area contributed by atoms with Crippen LogP contribution in [0.3, 0.4) is 0 Å². The molecule has 1 rings (SSSR count). The number of aromatic nitrogens is 1. The second kappa shape index (κ2) is 9.12. The van der Waals surface area contributed by atoms with E-state index in [1.807, 2.05) is 13.1 Å². The van der Waals surface area contributed by atoms with Crippen LogP contribution in [0.4, 0.5) is 0 Å². The summed E-state index contributed by atoms with van der Waals surface area (Å²) in [5, 5.41) is 3.17. The number of hydrogen-bond acceptors (Lipinski definition) is 4. The van der Waals surface area contributed by atoms with Gasteiger partial charge in [0.25, 0.3) is 10.0 Å². The van der Waals surface area contributed by atoms with Crippen LogP contribution in [0, 0.1) is 0 Å². The van der Waals surface area contributed by atoms with Crippen molar-refractivity contribution in [2.24, 2.45) is 0 Å². The standard InChI is InChI=1S/C15H27N3O2S/c1-4-6-10-18(11-7-5-2)21(19,20)15-9-8-14(12-16-3)13-17-15/h8-9,13,16H,4-7,10-12H2,1-3H3. The number of nitrogens with one attached hydrogen (secondary N) is 1. The van der Waals surface area contributed by atoms with E-state index in [1.165, 1.54) is 0 Å². The first-order valence-electron chi connectivity index (χ1n) is 7.65. The third kappa shape index (κ3) is 5.37. The monoisotopic (exact) mass is 313 g/mol. The Morgan fingerprint density at radius 2 is 1.76 bits per heavy atom. The first-order chi connectivity index (χ1) is 10.1. The molecule has 120 valence electrons. The molecule has 1 aromatic rings. The minimum absolute atomic E-state index is 0.148. The Balaban J connectivity index is 2.92. The van der Waals surface area contributed by atoms with E-state index in [0.29, 0.717) is 19.6 Å². The van der Waals surface area contributed by atoms with Gasteiger partial charge in [-0.25, -0.2) is 13.4 Å². The van der Waals surface area contributed by atoms with Crippen molar-refractivity contribution in [3.05, 3.63) is 23.9 Å². The second-order valence-electron chi connectivity index (χ2n) is 5.15. The Hall–Kier alpha value is -0.980. The summed E-state index contributed by atoms with van der Waals surface area (Å²) in [7, 11) is -1.63. The number of rotatable bonds is 10. The summed E-state index contributed by atoms with van der Waals surface area (Å²) in [6, 6.07) is 3.42. The predicted octanol–water partition coefficient (Wildman–Crippen LogP) is 2.39. The lowest BCUT2D eigenvalue weighted by molar-refractivity contribution is 0.393. The molecule has 5 nitrogen and oxygen atoms in total. The zero-order valence-electron chi connectivity index (χ0n) is 13.3. The van der Waals surface area contributed by atoms with Crippen molar-refractivity contribution >= 4 is 10.0 Å². The van der Waals surface area contributed by atoms with Gasteiger partial charge in [-0.05, 0) is 31.5 Å². The number of nitrogens with zero attached hydrogens (tertiary/aromatic N) is 2. The summed E-state index contributed by atoms with van der Waals surface area (Å²) < 4.78 is 26.9. The first-order valence-corrected chi connectivity index (χ1v) is 9.10. The molecule has 0 radical (unpaired) electrons. The molecule has 1 heterocycles. The molecule has 0 aromatic carbocycles. The third-order valence-electron chi connectivity index (χ3n) is 3.30. The molecule has 0 saturated carbocycles. The maximum atomic E-state index is 12.7. The Bertz CT molecular complexity index is 492. The van der Waals surface area contributed by atoms with Crippen molar-refractivity contribution in [3.63, 3.8) is 0 Å². The summed E-state index contributed by atoms with van der Waals surface area (Å²) in [5.74, 6) is 0. The quantitative estimate of drug-likeness (QED) is 0.720. The fourth-order valence-corrected chi connectivity index (χ4v) is 3.45. The minimum atomic E-state index is -3.48. The molecule has 0 fully saturated rings. The van der Waals surface area contributed by atoms with Crippen LogP contribution in [0.25, 0.3) is 0 Å². The van der Waals surface area contributed by atoms with E-state index in [-0.39, 0.29) is 5.03 Å². The van der Waals surface area contributed by atoms with E-state index in [0.717, 1.165) is 31.2 Å². The fourth-order valence-electron chi connectivity index (χ4n) is 2.03. The molecular formula is C15H27N3O2S. The lowest BCUT2D eigenvalue weighted by Gasteiger charge is -2.21. The van der Waals surface area contributed by atoms with Crippen molar-refractivity contribution in [3.8, 4) is 0 Å². The van der Waals surface area contributed by atoms with E-state index in [9.17, 15) is 8.42 Å². The van der Waals surface area contributed by atoms with Crippen LogP contribution in [-0.4, -0.2) is 37.8 Å². The molecule has 0 bridgehead atoms. The number of pyridine rings is 1. The highest BCUT2D eigenvalue weighted by molar-refractivity contribution is 7.89. The largest absolute Gasteiger partial charge is 0.316 e. The smallest absolute Gasteiger partial charge is 0.260 e. The van der Waals surface area contributed by atoms with Gasteiger partial charge in [0, 0.05) is 25.8 Å². The highest BCUT2D eigenvalue weighted by Gasteiger charge is 2.24. The highest BCUT2D eigenvalue weighted by atomic mass is 32.2. The van der Waals surface area contributed by atoms with Gasteiger partial charge in [-0.3, -0.25) is 0 Å². The molecule has 1 N–H and O–H groups in total. The van der Waals surface area contributed by atoms with Crippen LogP contribution < -0.4 is 5.32 Å². The molecule has 0 aliphatic carbocycles. The molecular weight excluding hydrogens is 286 g/mol. The maximum Gasteiger partial charge on any atom is 0.260 e. The average Bonchev–Trinajstić information content (AvgIpc) is 2.48. The Labute approximate surface area is 128 Å². The van der Waals surface area contributed by atoms with E-state index < -0.39 is 10.0 Å². The minimum Gasteiger partial charge on any atom is -0.316 e. The molecule has 0 aliphatic rings. The molecule has 6 heteroatoms. The van der Waals surface area contributed by atoms with Gasteiger partial charge in [0.15, 0.2) is 5.03 Å². The maximum absolute atomic E-state index is 12.7. The van der Waals surface area contributed by atoms with E-state index >= 15 is 0 Å². The van der Waals surface area contributed by atoms with Gasteiger partial charge in [0.2, 0.25) is 0 Å². The number of hydrogen-bond donors (Lipinski definition) is 1. The van der Waals surface area contributed by atoms with Crippen LogP contribution in [0.1, 0.15) is 45.1 Å². The zero-order chi connectivity index (χ0) is 15.7. The SMILES string of the molecule is CCCCN(CCCC)S(=O)(=O)c1ccc(CNC)cn1. The lowest BCUT2D eigenvalue weighted by atomic mass is 10.3. The molecule has 0 unspecified atom stereocenters. The zero-order valence-corrected chi connectivity index (χ0v) is 14.1. The van der Waals surface area contributed by atoms with Gasteiger partial charge in [-0.1, -0.05) is 32.8 Å². The van der Waals surface area contributed by atoms with Crippen LogP contribution in [0.15, 0.2) is 23.4 Å². The van der Waals surface area contributed by atoms with E-state index in [1.54, 1.807) is 16.6 Å². The van der Waals surface area contributed by atoms with Gasteiger partial charge >= 0.3 is 0 Å². The molecule has 0 saturated heterocycles. The molecule has 0 aliphatic heterocycles. The van der Waals surface area contributed by atoms with E-state index in [2.05, 4.69) is 24.1 Å². The van der Waals surface area contributed by atoms with Crippen molar-refractivity contribution in [1.82, 2.24) is 14.6 Å². The molecule has 0 atom stereocenters. The summed E-state index contributed by atoms with van der Waals surface area (Å²) in [6.45, 7) is 5.95. The number of sulfonamides is 1. The second-order valence-corrected chi connectivity index (χ2v) is 7.03. The molecule has 21 heavy (non-hydrogen) atoms. The van der Waals surface area contributed by atoms with Gasteiger partial charge < -0.3 is 5.32 Å². The number of unbranched alkanes of at least 4 members (excludes halogenated alkanes) is 2. The van der Waals surface area contributed by atoms with Crippen LogP contribution >= 0.6 is 0 Å². The Morgan fingerprint density at radius 3 is 2.19 bits per heavy atom. The first kappa shape index (κ1) is 18.1. The summed E-state index contributed by atoms with van der Waals surface area (Å²) in [6.07, 6.45) is 5.34. The fraction of sp³-hybridized carbons (Fsp3) is 0.667. The topological polar surface area (TPSA) is 62.3 Å². The van der Waals surface area contributed by atoms with Crippen molar-refractivity contribution in [2.45, 2.75) is 51.1 Å². The van der Waals surface area contributed by atoms with Gasteiger partial charge in [-0.2, -0.15) is 4.31 Å². The summed E-state index contributed by atoms with van der Waals surface area (Å²) in [5.41, 5.74) is 0.977. The van der Waals surface area contributed by atoms with Crippen molar-refractivity contribution in [2.75, 3.05) is 20.1 Å². The average molecular weight is 313 g/mol. The highest BCUT2D eigenvalue weighted by Crippen LogP contribution is 2.15. The summed E-state index contributed by atoms with van der Waals surface area (Å²) in [4.78, 5) is 4.14. The normalized spacial score (nSPS) is 12.0. The van der Waals surface area contributed by atoms with E-state index in [4.69, 9.17) is 0 Å². The molecule has 0 amide bonds. The Kier molecular flexibility index (Phi) is 7.85. The van der Waals surface area contributed by atoms with Crippen LogP contribution in [-0.2, 0) is 16.6 Å². The van der Waals surface area contributed by atoms with Crippen molar-refractivity contribution < 1.29 is 8.42 Å². The summed E-state index contributed by atoms with van der Waals surface area (Å²) >= 11 is 0. The molecule has 0 spiro atoms. The lowest BCUT2D eigenvalue weighted by Crippen LogP contribution is -2.33. The molecule has 1 aromatic heterocycles. The van der Waals surface area contributed by atoms with Gasteiger partial charge in [0.1, 0.15) is 0 Å². The Morgan fingerprint density at radius 1 is 1.14 bits per heavy atom.